The van der Waals surface area contributed by atoms with Crippen molar-refractivity contribution in [2.75, 3.05) is 0 Å². The zero-order chi connectivity index (χ0) is 13.9. The standard InChI is InChI=1S/C16H12ClN3/c1-11-7-8-14(12-5-2-3-6-13(12)17)20-15(11)16-18-9-4-10-19-16/h2-10H,1H3. The maximum absolute atomic E-state index is 6.23. The Kier molecular flexibility index (Phi) is 3.44. The van der Waals surface area contributed by atoms with Gasteiger partial charge in [0.1, 0.15) is 5.69 Å². The molecule has 0 aliphatic carbocycles. The van der Waals surface area contributed by atoms with Crippen molar-refractivity contribution in [1.82, 2.24) is 15.0 Å². The predicted molar refractivity (Wildman–Crippen MR) is 80.4 cm³/mol. The van der Waals surface area contributed by atoms with E-state index < -0.39 is 0 Å². The Bertz CT molecular complexity index is 742. The maximum atomic E-state index is 6.23. The minimum Gasteiger partial charge on any atom is -0.244 e. The molecule has 0 fully saturated rings. The van der Waals surface area contributed by atoms with Crippen LogP contribution in [0.25, 0.3) is 22.8 Å². The number of hydrogen-bond donors (Lipinski definition) is 0. The predicted octanol–water partition coefficient (Wildman–Crippen LogP) is 4.17. The van der Waals surface area contributed by atoms with Crippen LogP contribution < -0.4 is 0 Å². The second-order valence-corrected chi connectivity index (χ2v) is 4.82. The molecule has 0 unspecified atom stereocenters. The fraction of sp³-hybridized carbons (Fsp3) is 0.0625. The Morgan fingerprint density at radius 3 is 2.40 bits per heavy atom. The van der Waals surface area contributed by atoms with Crippen molar-refractivity contribution in [3.63, 3.8) is 0 Å². The van der Waals surface area contributed by atoms with Crippen LogP contribution in [0.5, 0.6) is 0 Å². The van der Waals surface area contributed by atoms with Crippen molar-refractivity contribution in [1.29, 1.82) is 0 Å². The third-order valence-electron chi connectivity index (χ3n) is 3.02. The first-order valence-electron chi connectivity index (χ1n) is 6.25. The van der Waals surface area contributed by atoms with Gasteiger partial charge in [-0.2, -0.15) is 0 Å². The monoisotopic (exact) mass is 281 g/mol. The molecule has 0 saturated heterocycles. The summed E-state index contributed by atoms with van der Waals surface area (Å²) in [7, 11) is 0. The summed E-state index contributed by atoms with van der Waals surface area (Å²) in [5, 5.41) is 0.684. The molecule has 1 aromatic carbocycles. The van der Waals surface area contributed by atoms with Gasteiger partial charge in [-0.15, -0.1) is 0 Å². The zero-order valence-electron chi connectivity index (χ0n) is 10.9. The van der Waals surface area contributed by atoms with E-state index in [0.717, 1.165) is 22.5 Å². The highest BCUT2D eigenvalue weighted by atomic mass is 35.5. The zero-order valence-corrected chi connectivity index (χ0v) is 11.7. The molecule has 0 amide bonds. The average Bonchev–Trinajstić information content (AvgIpc) is 2.49. The number of hydrogen-bond acceptors (Lipinski definition) is 3. The molecule has 98 valence electrons. The van der Waals surface area contributed by atoms with Crippen LogP contribution in [0.15, 0.2) is 54.9 Å². The molecule has 0 N–H and O–H groups in total. The van der Waals surface area contributed by atoms with Crippen LogP contribution >= 0.6 is 11.6 Å². The van der Waals surface area contributed by atoms with Crippen LogP contribution in [0, 0.1) is 6.92 Å². The van der Waals surface area contributed by atoms with Crippen LogP contribution in [0.3, 0.4) is 0 Å². The van der Waals surface area contributed by atoms with E-state index in [1.165, 1.54) is 0 Å². The Labute approximate surface area is 122 Å². The van der Waals surface area contributed by atoms with Crippen LogP contribution in [-0.2, 0) is 0 Å². The molecule has 3 aromatic rings. The largest absolute Gasteiger partial charge is 0.244 e. The first-order chi connectivity index (χ1) is 9.75. The minimum absolute atomic E-state index is 0.624. The lowest BCUT2D eigenvalue weighted by molar-refractivity contribution is 1.13. The molecule has 3 rings (SSSR count). The van der Waals surface area contributed by atoms with Gasteiger partial charge in [0.2, 0.25) is 0 Å². The van der Waals surface area contributed by atoms with Gasteiger partial charge in [-0.3, -0.25) is 0 Å². The Morgan fingerprint density at radius 1 is 0.900 bits per heavy atom. The van der Waals surface area contributed by atoms with Gasteiger partial charge in [0.05, 0.1) is 5.69 Å². The van der Waals surface area contributed by atoms with E-state index in [1.807, 2.05) is 43.3 Å². The van der Waals surface area contributed by atoms with Gasteiger partial charge in [0.15, 0.2) is 5.82 Å². The summed E-state index contributed by atoms with van der Waals surface area (Å²) in [6.07, 6.45) is 3.43. The lowest BCUT2D eigenvalue weighted by atomic mass is 10.1. The Hall–Kier alpha value is -2.26. The molecule has 0 radical (unpaired) electrons. The van der Waals surface area contributed by atoms with E-state index in [2.05, 4.69) is 15.0 Å². The number of rotatable bonds is 2. The summed E-state index contributed by atoms with van der Waals surface area (Å²) in [5.74, 6) is 0.624. The molecular weight excluding hydrogens is 270 g/mol. The number of halogens is 1. The van der Waals surface area contributed by atoms with Crippen molar-refractivity contribution < 1.29 is 0 Å². The van der Waals surface area contributed by atoms with Crippen LogP contribution in [-0.4, -0.2) is 15.0 Å². The smallest absolute Gasteiger partial charge is 0.178 e. The van der Waals surface area contributed by atoms with Gasteiger partial charge in [-0.05, 0) is 30.7 Å². The van der Waals surface area contributed by atoms with Crippen molar-refractivity contribution in [3.8, 4) is 22.8 Å². The van der Waals surface area contributed by atoms with Crippen LogP contribution in [0.2, 0.25) is 5.02 Å². The molecule has 0 saturated carbocycles. The van der Waals surface area contributed by atoms with Gasteiger partial charge >= 0.3 is 0 Å². The molecule has 2 aromatic heterocycles. The summed E-state index contributed by atoms with van der Waals surface area (Å²) in [5.41, 5.74) is 3.55. The van der Waals surface area contributed by atoms with E-state index in [-0.39, 0.29) is 0 Å². The SMILES string of the molecule is Cc1ccc(-c2ccccc2Cl)nc1-c1ncccn1. The lowest BCUT2D eigenvalue weighted by Gasteiger charge is -2.08. The number of pyridine rings is 1. The third kappa shape index (κ3) is 2.40. The highest BCUT2D eigenvalue weighted by Crippen LogP contribution is 2.28. The molecule has 4 heteroatoms. The number of nitrogens with zero attached hydrogens (tertiary/aromatic N) is 3. The first kappa shape index (κ1) is 12.8. The molecule has 0 aliphatic rings. The Balaban J connectivity index is 2.15. The van der Waals surface area contributed by atoms with Crippen LogP contribution in [0.1, 0.15) is 5.56 Å². The quantitative estimate of drug-likeness (QED) is 0.708. The maximum Gasteiger partial charge on any atom is 0.178 e. The fourth-order valence-corrected chi connectivity index (χ4v) is 2.23. The molecule has 0 spiro atoms. The van der Waals surface area contributed by atoms with E-state index in [1.54, 1.807) is 18.5 Å². The lowest BCUT2D eigenvalue weighted by Crippen LogP contribution is -1.95. The normalized spacial score (nSPS) is 10.5. The van der Waals surface area contributed by atoms with Gasteiger partial charge in [0, 0.05) is 23.0 Å². The molecule has 20 heavy (non-hydrogen) atoms. The topological polar surface area (TPSA) is 38.7 Å². The van der Waals surface area contributed by atoms with E-state index in [4.69, 9.17) is 11.6 Å². The molecule has 0 aliphatic heterocycles. The first-order valence-corrected chi connectivity index (χ1v) is 6.63. The number of benzene rings is 1. The summed E-state index contributed by atoms with van der Waals surface area (Å²) in [6.45, 7) is 2.00. The fourth-order valence-electron chi connectivity index (χ4n) is 2.00. The van der Waals surface area contributed by atoms with E-state index >= 15 is 0 Å². The van der Waals surface area contributed by atoms with Gasteiger partial charge in [-0.1, -0.05) is 35.9 Å². The number of aryl methyl sites for hydroxylation is 1. The van der Waals surface area contributed by atoms with E-state index in [0.29, 0.717) is 10.8 Å². The minimum atomic E-state index is 0.624. The summed E-state index contributed by atoms with van der Waals surface area (Å²) >= 11 is 6.23. The molecule has 2 heterocycles. The van der Waals surface area contributed by atoms with E-state index in [9.17, 15) is 0 Å². The van der Waals surface area contributed by atoms with Crippen LogP contribution in [0.4, 0.5) is 0 Å². The van der Waals surface area contributed by atoms with Crippen molar-refractivity contribution in [2.24, 2.45) is 0 Å². The van der Waals surface area contributed by atoms with Gasteiger partial charge in [0.25, 0.3) is 0 Å². The second-order valence-electron chi connectivity index (χ2n) is 4.41. The Morgan fingerprint density at radius 2 is 1.65 bits per heavy atom. The average molecular weight is 282 g/mol. The second kappa shape index (κ2) is 5.39. The van der Waals surface area contributed by atoms with Crippen molar-refractivity contribution in [2.45, 2.75) is 6.92 Å². The summed E-state index contributed by atoms with van der Waals surface area (Å²) in [6, 6.07) is 13.4. The summed E-state index contributed by atoms with van der Waals surface area (Å²) in [4.78, 5) is 13.2. The highest BCUT2D eigenvalue weighted by molar-refractivity contribution is 6.33. The molecule has 0 bridgehead atoms. The van der Waals surface area contributed by atoms with Crippen molar-refractivity contribution in [3.05, 3.63) is 65.4 Å². The molecule has 0 atom stereocenters. The molecule has 3 nitrogen and oxygen atoms in total. The third-order valence-corrected chi connectivity index (χ3v) is 3.35. The summed E-state index contributed by atoms with van der Waals surface area (Å²) < 4.78 is 0. The van der Waals surface area contributed by atoms with Gasteiger partial charge < -0.3 is 0 Å². The highest BCUT2D eigenvalue weighted by Gasteiger charge is 2.10. The van der Waals surface area contributed by atoms with Gasteiger partial charge in [-0.25, -0.2) is 15.0 Å². The molecular formula is C16H12ClN3. The number of aromatic nitrogens is 3. The van der Waals surface area contributed by atoms with Crippen molar-refractivity contribution >= 4 is 11.6 Å².